The number of carbonyl (C=O) groups excluding carboxylic acids is 6. The van der Waals surface area contributed by atoms with Crippen molar-refractivity contribution < 1.29 is 75.1 Å². The molecule has 3 atom stereocenters. The predicted octanol–water partition coefficient (Wildman–Crippen LogP) is 21.7. The Kier molecular flexibility index (Phi) is 40.5. The zero-order chi connectivity index (χ0) is 98.5. The number of ether oxygens (including phenoxy) is 7. The summed E-state index contributed by atoms with van der Waals surface area (Å²) in [5.41, 5.74) is 26.3. The fraction of sp³-hybridized carbons (Fsp3) is 0.346. The van der Waals surface area contributed by atoms with E-state index in [2.05, 4.69) is 51.5 Å². The lowest BCUT2D eigenvalue weighted by molar-refractivity contribution is -0.0295. The lowest BCUT2D eigenvalue weighted by Crippen LogP contribution is -2.32. The lowest BCUT2D eigenvalue weighted by atomic mass is 10.0. The summed E-state index contributed by atoms with van der Waals surface area (Å²) in [6.45, 7) is 33.7. The molecule has 139 heavy (non-hydrogen) atoms. The van der Waals surface area contributed by atoms with Crippen molar-refractivity contribution in [2.24, 2.45) is 35.0 Å². The van der Waals surface area contributed by atoms with Gasteiger partial charge in [0.25, 0.3) is 17.7 Å². The van der Waals surface area contributed by atoms with Crippen molar-refractivity contribution in [3.63, 3.8) is 0 Å². The Bertz CT molecular complexity index is 6070. The van der Waals surface area contributed by atoms with Crippen LogP contribution < -0.4 is 43.8 Å². The molecule has 4 amide bonds. The number of nitrogens with zero attached hydrogens (tertiary/aromatic N) is 7. The van der Waals surface area contributed by atoms with E-state index in [4.69, 9.17) is 52.2 Å². The SMILES string of the molecule is C.CC(C)(C)OC(=O)OC(=O)OC(C)(C)C.Cc1cc(C(=O)Nc2cc(C(OCC3CC3)c3ccccc3)ccc2F)n(-c2cccc(CN)c2)n1.Cc1cc(C(=O)Nc2cc(C(OCC3CC3)c3ccccc3)ccc2F)n(-c2cccc(CNC(=O)OC(C)(C)C)c2)n1.Cl.NCCNCCN.[C-]#[N+]c1cccc(-n2nc(C)cc2C(=O)Nc2cc(C(OCC3CC3)c3ccccc3)ccc2F)c1. The molecule has 3 fully saturated rings. The van der Waals surface area contributed by atoms with E-state index in [1.807, 2.05) is 146 Å². The van der Waals surface area contributed by atoms with E-state index in [-0.39, 0.29) is 73.1 Å². The number of nitrogens with two attached hydrogens (primary N) is 3. The predicted molar refractivity (Wildman–Crippen MR) is 535 cm³/mol. The topological polar surface area (TPSA) is 363 Å². The van der Waals surface area contributed by atoms with Crippen molar-refractivity contribution in [1.82, 2.24) is 40.0 Å². The number of benzene rings is 9. The molecule has 32 heteroatoms. The van der Waals surface area contributed by atoms with Crippen LogP contribution in [0, 0.1) is 62.5 Å². The summed E-state index contributed by atoms with van der Waals surface area (Å²) < 4.78 is 87.2. The van der Waals surface area contributed by atoms with E-state index in [1.165, 1.54) is 40.4 Å². The number of halogens is 4. The molecule has 3 unspecified atom stereocenters. The molecule has 3 aliphatic carbocycles. The molecule has 15 rings (SSSR count). The van der Waals surface area contributed by atoms with Gasteiger partial charge >= 0.3 is 18.4 Å². The maximum absolute atomic E-state index is 15.0. The van der Waals surface area contributed by atoms with Gasteiger partial charge in [-0.2, -0.15) is 15.3 Å². The fourth-order valence-electron chi connectivity index (χ4n) is 13.9. The van der Waals surface area contributed by atoms with Crippen LogP contribution in [0.25, 0.3) is 21.9 Å². The molecular formula is C107H127ClF3N15O13. The molecule has 9 aromatic carbocycles. The highest BCUT2D eigenvalue weighted by Crippen LogP contribution is 2.39. The maximum atomic E-state index is 15.0. The van der Waals surface area contributed by atoms with Gasteiger partial charge in [-0.25, -0.2) is 46.4 Å². The van der Waals surface area contributed by atoms with Gasteiger partial charge < -0.3 is 76.9 Å². The number of aromatic nitrogens is 6. The van der Waals surface area contributed by atoms with E-state index < -0.39 is 70.4 Å². The van der Waals surface area contributed by atoms with Crippen molar-refractivity contribution >= 4 is 71.3 Å². The van der Waals surface area contributed by atoms with Gasteiger partial charge in [0.05, 0.1) is 77.6 Å². The number of nitrogens with one attached hydrogen (secondary N) is 5. The Labute approximate surface area is 817 Å². The van der Waals surface area contributed by atoms with E-state index in [1.54, 1.807) is 160 Å². The smallest absolute Gasteiger partial charge is 0.444 e. The standard InChI is InChI=1S/C34H37FN4O4.C29H25FN4O2.C29H29FN4O2.C10H18O5.C4H13N3.CH4.ClH/c1-22-17-30(39(38-22)27-12-8-9-24(18-27)20-36-33(41)43-34(2,3)4)32(40)37-29-19-26(15-16-28(29)35)31(42-21-23-13-14-23)25-10-6-5-7-11-25;1-19-15-27(34(33-19)24-10-6-9-23(17-24)31-2)29(35)32-26-16-22(13-14-25(26)30)28(36-18-20-11-12-20)21-7-4-3-5-8-21;1-19-14-27(34(33-19)24-9-5-6-21(15-24)17-31)29(35)32-26-16-23(12-13-25(26)30)28(36-18-20-10-11-20)22-7-3-2-4-8-22;1-9(2,3)14-7(11)13-8(12)15-10(4,5)6;5-1-3-7-4-2-6;;/h5-12,15-19,23,31H,13-14,20-21H2,1-4H3,(H,36,41)(H,37,40);3-10,13-17,20,28H,11-12,18H2,1H3,(H,32,35);2-9,12-16,20,28H,10-11,17-18,31H2,1H3,(H,32,35);1-6H3;7H,1-6H2;1H4;1H. The Morgan fingerprint density at radius 1 is 0.417 bits per heavy atom. The quantitative estimate of drug-likeness (QED) is 0.00658. The number of hydrogen-bond acceptors (Lipinski definition) is 20. The number of alkyl carbamates (subject to hydrolysis) is 1. The Hall–Kier alpha value is -13.7. The molecule has 3 aliphatic rings. The van der Waals surface area contributed by atoms with Gasteiger partial charge in [0.2, 0.25) is 0 Å². The molecule has 736 valence electrons. The summed E-state index contributed by atoms with van der Waals surface area (Å²) >= 11 is 0. The Morgan fingerprint density at radius 2 is 0.741 bits per heavy atom. The highest BCUT2D eigenvalue weighted by atomic mass is 35.5. The summed E-state index contributed by atoms with van der Waals surface area (Å²) in [5.74, 6) is -1.38. The van der Waals surface area contributed by atoms with Gasteiger partial charge in [0, 0.05) is 39.3 Å². The first-order chi connectivity index (χ1) is 65.5. The number of amides is 4. The van der Waals surface area contributed by atoms with Gasteiger partial charge in [0.1, 0.15) is 69.6 Å². The average Bonchev–Trinajstić information content (AvgIpc) is 1.70. The second kappa shape index (κ2) is 51.7. The zero-order valence-corrected chi connectivity index (χ0v) is 80.6. The van der Waals surface area contributed by atoms with Crippen LogP contribution in [-0.4, -0.2) is 128 Å². The monoisotopic (exact) mass is 1920 g/mol. The average molecular weight is 1920 g/mol. The van der Waals surface area contributed by atoms with Gasteiger partial charge in [-0.15, -0.1) is 12.4 Å². The highest BCUT2D eigenvalue weighted by Gasteiger charge is 2.32. The molecule has 0 bridgehead atoms. The first-order valence-corrected chi connectivity index (χ1v) is 45.6. The Morgan fingerprint density at radius 3 is 1.06 bits per heavy atom. The van der Waals surface area contributed by atoms with Crippen molar-refractivity contribution in [1.29, 1.82) is 0 Å². The van der Waals surface area contributed by atoms with Crippen LogP contribution in [0.2, 0.25) is 0 Å². The fourth-order valence-corrected chi connectivity index (χ4v) is 13.9. The molecule has 0 radical (unpaired) electrons. The third kappa shape index (κ3) is 34.8. The lowest BCUT2D eigenvalue weighted by Gasteiger charge is -2.20. The van der Waals surface area contributed by atoms with Crippen molar-refractivity contribution in [2.75, 3.05) is 62.0 Å². The largest absolute Gasteiger partial charge is 0.519 e. The molecule has 12 aromatic rings. The summed E-state index contributed by atoms with van der Waals surface area (Å²) in [5, 5.41) is 27.4. The molecule has 0 aliphatic heterocycles. The normalized spacial score (nSPS) is 13.2. The van der Waals surface area contributed by atoms with Gasteiger partial charge in [0.15, 0.2) is 5.69 Å². The van der Waals surface area contributed by atoms with Crippen LogP contribution in [0.4, 0.5) is 50.3 Å². The Balaban J connectivity index is 0.000000209. The molecule has 0 saturated heterocycles. The third-order valence-corrected chi connectivity index (χ3v) is 20.9. The first-order valence-electron chi connectivity index (χ1n) is 45.6. The minimum absolute atomic E-state index is 0. The van der Waals surface area contributed by atoms with Crippen LogP contribution in [0.15, 0.2) is 237 Å². The second-order valence-electron chi connectivity index (χ2n) is 36.4. The minimum atomic E-state index is -1.06. The molecule has 11 N–H and O–H groups in total. The van der Waals surface area contributed by atoms with Crippen LogP contribution >= 0.6 is 12.4 Å². The van der Waals surface area contributed by atoms with Gasteiger partial charge in [-0.05, 0) is 275 Å². The molecule has 3 aromatic heterocycles. The van der Waals surface area contributed by atoms with E-state index >= 15 is 4.39 Å². The van der Waals surface area contributed by atoms with Gasteiger partial charge in [-0.3, -0.25) is 14.4 Å². The van der Waals surface area contributed by atoms with E-state index in [9.17, 15) is 37.5 Å². The summed E-state index contributed by atoms with van der Waals surface area (Å²) in [6.07, 6.45) is 3.24. The van der Waals surface area contributed by atoms with Crippen molar-refractivity contribution in [3.8, 4) is 17.1 Å². The van der Waals surface area contributed by atoms with Crippen molar-refractivity contribution in [2.45, 2.75) is 177 Å². The van der Waals surface area contributed by atoms with Crippen LogP contribution in [0.1, 0.15) is 220 Å². The maximum Gasteiger partial charge on any atom is 0.519 e. The molecule has 3 heterocycles. The first kappa shape index (κ1) is 109. The summed E-state index contributed by atoms with van der Waals surface area (Å²) in [6, 6.07) is 70.1. The molecule has 28 nitrogen and oxygen atoms in total. The zero-order valence-electron chi connectivity index (χ0n) is 79.8. The van der Waals surface area contributed by atoms with E-state index in [0.717, 1.165) is 83.3 Å². The second-order valence-corrected chi connectivity index (χ2v) is 36.4. The number of anilines is 3. The van der Waals surface area contributed by atoms with Crippen LogP contribution in [0.3, 0.4) is 0 Å². The van der Waals surface area contributed by atoms with Crippen molar-refractivity contribution in [3.05, 3.63) is 344 Å². The molecular weight excluding hydrogens is 1800 g/mol. The summed E-state index contributed by atoms with van der Waals surface area (Å²) in [4.78, 5) is 77.7. The summed E-state index contributed by atoms with van der Waals surface area (Å²) in [7, 11) is 0. The minimum Gasteiger partial charge on any atom is -0.444 e. The number of aryl methyl sites for hydroxylation is 3. The number of carbonyl (C=O) groups is 6. The van der Waals surface area contributed by atoms with Crippen LogP contribution in [0.5, 0.6) is 0 Å². The highest BCUT2D eigenvalue weighted by molar-refractivity contribution is 6.05. The van der Waals surface area contributed by atoms with Gasteiger partial charge in [-0.1, -0.05) is 153 Å². The number of hydrogen-bond donors (Lipinski definition) is 8. The third-order valence-electron chi connectivity index (χ3n) is 20.9. The molecule has 0 spiro atoms. The van der Waals surface area contributed by atoms with E-state index in [0.29, 0.717) is 103 Å². The van der Waals surface area contributed by atoms with Crippen LogP contribution in [-0.2, 0) is 46.2 Å². The number of rotatable bonds is 31. The molecule has 3 saturated carbocycles.